The van der Waals surface area contributed by atoms with Crippen LogP contribution in [0.5, 0.6) is 0 Å². The highest BCUT2D eigenvalue weighted by molar-refractivity contribution is 5.48. The van der Waals surface area contributed by atoms with Gasteiger partial charge in [0.2, 0.25) is 0 Å². The second-order valence-electron chi connectivity index (χ2n) is 3.63. The predicted octanol–water partition coefficient (Wildman–Crippen LogP) is 1.83. The van der Waals surface area contributed by atoms with Gasteiger partial charge in [0.25, 0.3) is 0 Å². The van der Waals surface area contributed by atoms with Crippen LogP contribution in [0.25, 0.3) is 0 Å². The topological polar surface area (TPSA) is 73.6 Å². The Hall–Kier alpha value is -1.83. The van der Waals surface area contributed by atoms with Crippen LogP contribution in [-0.2, 0) is 0 Å². The number of nitrogens with zero attached hydrogens (tertiary/aromatic N) is 3. The van der Waals surface area contributed by atoms with E-state index in [1.54, 1.807) is 6.07 Å². The van der Waals surface area contributed by atoms with Gasteiger partial charge in [0.15, 0.2) is 6.19 Å². The Balaban J connectivity index is 2.47. The van der Waals surface area contributed by atoms with Crippen molar-refractivity contribution in [3.63, 3.8) is 0 Å². The third-order valence-corrected chi connectivity index (χ3v) is 1.88. The minimum atomic E-state index is 0.513. The molecular formula is C10H15N5. The standard InChI is InChI=1S/C10H15N5/c1-8(2)3-4-12-9-5-10(13-6-11)15-7-14-9/h5,7-8H,3-4H2,1-2H3,(H2,12,13,14,15). The fourth-order valence-electron chi connectivity index (χ4n) is 1.07. The van der Waals surface area contributed by atoms with Crippen molar-refractivity contribution in [1.29, 1.82) is 5.26 Å². The van der Waals surface area contributed by atoms with E-state index in [0.29, 0.717) is 11.7 Å². The van der Waals surface area contributed by atoms with Gasteiger partial charge in [-0.15, -0.1) is 0 Å². The van der Waals surface area contributed by atoms with Crippen LogP contribution in [0.3, 0.4) is 0 Å². The number of anilines is 2. The molecule has 80 valence electrons. The molecule has 0 aromatic carbocycles. The first-order valence-electron chi connectivity index (χ1n) is 4.93. The largest absolute Gasteiger partial charge is 0.370 e. The average molecular weight is 205 g/mol. The van der Waals surface area contributed by atoms with Gasteiger partial charge in [0, 0.05) is 12.6 Å². The highest BCUT2D eigenvalue weighted by Gasteiger charge is 1.98. The Labute approximate surface area is 89.6 Å². The first-order chi connectivity index (χ1) is 7.22. The van der Waals surface area contributed by atoms with Crippen molar-refractivity contribution >= 4 is 11.6 Å². The van der Waals surface area contributed by atoms with E-state index in [-0.39, 0.29) is 0 Å². The van der Waals surface area contributed by atoms with Gasteiger partial charge < -0.3 is 5.32 Å². The van der Waals surface area contributed by atoms with Crippen molar-refractivity contribution in [1.82, 2.24) is 9.97 Å². The average Bonchev–Trinajstić information content (AvgIpc) is 2.18. The van der Waals surface area contributed by atoms with Crippen molar-refractivity contribution in [2.45, 2.75) is 20.3 Å². The molecular weight excluding hydrogens is 190 g/mol. The molecule has 0 aliphatic carbocycles. The summed E-state index contributed by atoms with van der Waals surface area (Å²) >= 11 is 0. The first-order valence-corrected chi connectivity index (χ1v) is 4.93. The summed E-state index contributed by atoms with van der Waals surface area (Å²) in [5, 5.41) is 14.1. The van der Waals surface area contributed by atoms with Gasteiger partial charge in [-0.3, -0.25) is 5.32 Å². The minimum absolute atomic E-state index is 0.513. The number of nitriles is 1. The zero-order valence-electron chi connectivity index (χ0n) is 8.99. The van der Waals surface area contributed by atoms with Crippen molar-refractivity contribution in [3.05, 3.63) is 12.4 Å². The van der Waals surface area contributed by atoms with Crippen molar-refractivity contribution in [2.24, 2.45) is 5.92 Å². The fraction of sp³-hybridized carbons (Fsp3) is 0.500. The maximum atomic E-state index is 8.42. The van der Waals surface area contributed by atoms with Crippen LogP contribution in [0.2, 0.25) is 0 Å². The van der Waals surface area contributed by atoms with E-state index in [2.05, 4.69) is 34.4 Å². The van der Waals surface area contributed by atoms with Gasteiger partial charge in [-0.2, -0.15) is 5.26 Å². The second-order valence-corrected chi connectivity index (χ2v) is 3.63. The fourth-order valence-corrected chi connectivity index (χ4v) is 1.07. The molecule has 5 heteroatoms. The lowest BCUT2D eigenvalue weighted by molar-refractivity contribution is 0.606. The number of rotatable bonds is 5. The molecule has 2 N–H and O–H groups in total. The molecule has 1 heterocycles. The summed E-state index contributed by atoms with van der Waals surface area (Å²) in [6.07, 6.45) is 4.33. The van der Waals surface area contributed by atoms with Gasteiger partial charge in [-0.05, 0) is 12.3 Å². The van der Waals surface area contributed by atoms with Gasteiger partial charge in [-0.1, -0.05) is 13.8 Å². The summed E-state index contributed by atoms with van der Waals surface area (Å²) < 4.78 is 0. The van der Waals surface area contributed by atoms with E-state index < -0.39 is 0 Å². The first kappa shape index (κ1) is 11.2. The van der Waals surface area contributed by atoms with Crippen LogP contribution in [0.15, 0.2) is 12.4 Å². The molecule has 5 nitrogen and oxygen atoms in total. The van der Waals surface area contributed by atoms with E-state index in [0.717, 1.165) is 18.8 Å². The summed E-state index contributed by atoms with van der Waals surface area (Å²) in [6.45, 7) is 5.22. The van der Waals surface area contributed by atoms with E-state index >= 15 is 0 Å². The molecule has 0 atom stereocenters. The SMILES string of the molecule is CC(C)CCNc1cc(NC#N)ncn1. The minimum Gasteiger partial charge on any atom is -0.370 e. The number of hydrogen-bond donors (Lipinski definition) is 2. The molecule has 0 aliphatic heterocycles. The van der Waals surface area contributed by atoms with Crippen molar-refractivity contribution in [2.75, 3.05) is 17.2 Å². The third-order valence-electron chi connectivity index (χ3n) is 1.88. The molecule has 0 saturated carbocycles. The maximum absolute atomic E-state index is 8.42. The highest BCUT2D eigenvalue weighted by atomic mass is 15.1. The van der Waals surface area contributed by atoms with E-state index in [9.17, 15) is 0 Å². The molecule has 0 saturated heterocycles. The molecule has 0 bridgehead atoms. The van der Waals surface area contributed by atoms with Crippen LogP contribution < -0.4 is 10.6 Å². The Bertz CT molecular complexity index is 342. The molecule has 0 aliphatic rings. The highest BCUT2D eigenvalue weighted by Crippen LogP contribution is 2.08. The zero-order chi connectivity index (χ0) is 11.1. The van der Waals surface area contributed by atoms with Crippen LogP contribution >= 0.6 is 0 Å². The maximum Gasteiger partial charge on any atom is 0.182 e. The summed E-state index contributed by atoms with van der Waals surface area (Å²) in [6, 6.07) is 1.71. The Morgan fingerprint density at radius 2 is 2.13 bits per heavy atom. The molecule has 0 fully saturated rings. The Morgan fingerprint density at radius 3 is 2.80 bits per heavy atom. The summed E-state index contributed by atoms with van der Waals surface area (Å²) in [7, 11) is 0. The lowest BCUT2D eigenvalue weighted by Crippen LogP contribution is -2.06. The lowest BCUT2D eigenvalue weighted by Gasteiger charge is -2.07. The number of hydrogen-bond acceptors (Lipinski definition) is 5. The molecule has 15 heavy (non-hydrogen) atoms. The van der Waals surface area contributed by atoms with E-state index in [1.165, 1.54) is 6.33 Å². The number of nitrogens with one attached hydrogen (secondary N) is 2. The van der Waals surface area contributed by atoms with Gasteiger partial charge >= 0.3 is 0 Å². The van der Waals surface area contributed by atoms with Crippen LogP contribution in [0.1, 0.15) is 20.3 Å². The summed E-state index contributed by atoms with van der Waals surface area (Å²) in [4.78, 5) is 7.93. The number of aromatic nitrogens is 2. The summed E-state index contributed by atoms with van der Waals surface area (Å²) in [5.41, 5.74) is 0. The van der Waals surface area contributed by atoms with Crippen LogP contribution in [-0.4, -0.2) is 16.5 Å². The van der Waals surface area contributed by atoms with Gasteiger partial charge in [0.05, 0.1) is 0 Å². The van der Waals surface area contributed by atoms with Gasteiger partial charge in [-0.25, -0.2) is 9.97 Å². The van der Waals surface area contributed by atoms with Crippen LogP contribution in [0.4, 0.5) is 11.6 Å². The molecule has 1 aromatic rings. The third kappa shape index (κ3) is 4.27. The van der Waals surface area contributed by atoms with E-state index in [4.69, 9.17) is 5.26 Å². The second kappa shape index (κ2) is 5.81. The molecule has 0 unspecified atom stereocenters. The predicted molar refractivity (Wildman–Crippen MR) is 59.2 cm³/mol. The Kier molecular flexibility index (Phi) is 4.35. The monoisotopic (exact) mass is 205 g/mol. The smallest absolute Gasteiger partial charge is 0.182 e. The quantitative estimate of drug-likeness (QED) is 0.566. The molecule has 1 aromatic heterocycles. The van der Waals surface area contributed by atoms with Crippen LogP contribution in [0, 0.1) is 17.4 Å². The lowest BCUT2D eigenvalue weighted by atomic mass is 10.1. The van der Waals surface area contributed by atoms with Crippen molar-refractivity contribution in [3.8, 4) is 6.19 Å². The molecule has 0 amide bonds. The van der Waals surface area contributed by atoms with E-state index in [1.807, 2.05) is 6.19 Å². The zero-order valence-corrected chi connectivity index (χ0v) is 8.99. The normalized spacial score (nSPS) is 9.73. The summed E-state index contributed by atoms with van der Waals surface area (Å²) in [5.74, 6) is 1.92. The Morgan fingerprint density at radius 1 is 1.40 bits per heavy atom. The molecule has 0 spiro atoms. The molecule has 1 rings (SSSR count). The van der Waals surface area contributed by atoms with Gasteiger partial charge in [0.1, 0.15) is 18.0 Å². The molecule has 0 radical (unpaired) electrons. The van der Waals surface area contributed by atoms with Crippen molar-refractivity contribution < 1.29 is 0 Å².